The van der Waals surface area contributed by atoms with Crippen LogP contribution in [0.25, 0.3) is 23.8 Å². The monoisotopic (exact) mass is 440 g/mol. The standard InChI is InChI=1S/C29H28N2.ClH/c30-26-15-11-22(12-16-26)6-5-19-31-20-17-25(18-21-31)29-27-9-3-1-7-23(27)13-14-24-8-2-4-10-28(24)29;/h1-16H,17-21,30H2;1H. The number of halogens is 1. The van der Waals surface area contributed by atoms with E-state index in [2.05, 4.69) is 89.9 Å². The van der Waals surface area contributed by atoms with E-state index in [0.717, 1.165) is 38.2 Å². The van der Waals surface area contributed by atoms with E-state index < -0.39 is 0 Å². The van der Waals surface area contributed by atoms with Crippen molar-refractivity contribution in [1.82, 2.24) is 4.90 Å². The molecule has 3 aromatic rings. The fraction of sp³-hybridized carbons (Fsp3) is 0.172. The number of nitrogens with zero attached hydrogens (tertiary/aromatic N) is 1. The van der Waals surface area contributed by atoms with E-state index in [1.807, 2.05) is 12.1 Å². The molecular formula is C29H29ClN2. The molecule has 162 valence electrons. The predicted molar refractivity (Wildman–Crippen MR) is 141 cm³/mol. The molecule has 0 atom stereocenters. The van der Waals surface area contributed by atoms with Gasteiger partial charge in [0.2, 0.25) is 0 Å². The molecule has 1 aliphatic carbocycles. The molecule has 2 aliphatic rings. The largest absolute Gasteiger partial charge is 0.399 e. The summed E-state index contributed by atoms with van der Waals surface area (Å²) in [5.41, 5.74) is 16.2. The van der Waals surface area contributed by atoms with Gasteiger partial charge in [0.1, 0.15) is 0 Å². The lowest BCUT2D eigenvalue weighted by molar-refractivity contribution is 0.284. The highest BCUT2D eigenvalue weighted by Crippen LogP contribution is 2.38. The molecule has 0 radical (unpaired) electrons. The first-order valence-corrected chi connectivity index (χ1v) is 11.1. The van der Waals surface area contributed by atoms with Gasteiger partial charge in [0, 0.05) is 25.3 Å². The first-order chi connectivity index (χ1) is 15.3. The highest BCUT2D eigenvalue weighted by molar-refractivity contribution is 5.94. The van der Waals surface area contributed by atoms with Crippen molar-refractivity contribution in [2.45, 2.75) is 12.8 Å². The van der Waals surface area contributed by atoms with E-state index in [0.29, 0.717) is 0 Å². The van der Waals surface area contributed by atoms with Crippen LogP contribution in [0.15, 0.2) is 84.4 Å². The first kappa shape index (κ1) is 22.1. The minimum absolute atomic E-state index is 0. The summed E-state index contributed by atoms with van der Waals surface area (Å²) in [6, 6.07) is 25.7. The average Bonchev–Trinajstić information content (AvgIpc) is 2.98. The van der Waals surface area contributed by atoms with Crippen molar-refractivity contribution in [3.63, 3.8) is 0 Å². The Morgan fingerprint density at radius 1 is 0.750 bits per heavy atom. The van der Waals surface area contributed by atoms with E-state index >= 15 is 0 Å². The average molecular weight is 441 g/mol. The number of anilines is 1. The summed E-state index contributed by atoms with van der Waals surface area (Å²) in [6.07, 6.45) is 11.2. The number of likely N-dealkylation sites (tertiary alicyclic amines) is 1. The molecule has 0 unspecified atom stereocenters. The third kappa shape index (κ3) is 4.72. The van der Waals surface area contributed by atoms with Crippen LogP contribution < -0.4 is 5.73 Å². The molecule has 2 nitrogen and oxygen atoms in total. The summed E-state index contributed by atoms with van der Waals surface area (Å²) < 4.78 is 0. The van der Waals surface area contributed by atoms with Gasteiger partial charge in [-0.2, -0.15) is 0 Å². The summed E-state index contributed by atoms with van der Waals surface area (Å²) in [6.45, 7) is 3.19. The normalized spacial score (nSPS) is 15.8. The first-order valence-electron chi connectivity index (χ1n) is 11.1. The van der Waals surface area contributed by atoms with Crippen LogP contribution in [0.2, 0.25) is 0 Å². The van der Waals surface area contributed by atoms with E-state index in [4.69, 9.17) is 5.73 Å². The Bertz CT molecular complexity index is 1110. The van der Waals surface area contributed by atoms with E-state index in [1.165, 1.54) is 33.4 Å². The molecule has 1 heterocycles. The zero-order chi connectivity index (χ0) is 21.0. The number of hydrogen-bond donors (Lipinski definition) is 1. The topological polar surface area (TPSA) is 29.3 Å². The van der Waals surface area contributed by atoms with Gasteiger partial charge in [-0.05, 0) is 58.4 Å². The number of rotatable bonds is 3. The highest BCUT2D eigenvalue weighted by Gasteiger charge is 2.21. The van der Waals surface area contributed by atoms with Gasteiger partial charge in [-0.15, -0.1) is 12.4 Å². The van der Waals surface area contributed by atoms with Crippen molar-refractivity contribution in [2.75, 3.05) is 25.4 Å². The zero-order valence-electron chi connectivity index (χ0n) is 18.2. The molecule has 32 heavy (non-hydrogen) atoms. The van der Waals surface area contributed by atoms with Gasteiger partial charge in [-0.3, -0.25) is 4.90 Å². The molecule has 0 spiro atoms. The fourth-order valence-corrected chi connectivity index (χ4v) is 4.65. The Morgan fingerprint density at radius 2 is 1.31 bits per heavy atom. The summed E-state index contributed by atoms with van der Waals surface area (Å²) in [5.74, 6) is 0. The second kappa shape index (κ2) is 10.0. The van der Waals surface area contributed by atoms with Crippen molar-refractivity contribution < 1.29 is 0 Å². The van der Waals surface area contributed by atoms with Gasteiger partial charge >= 0.3 is 0 Å². The second-order valence-electron chi connectivity index (χ2n) is 8.36. The Labute approximate surface area is 197 Å². The van der Waals surface area contributed by atoms with Gasteiger partial charge < -0.3 is 5.73 Å². The minimum Gasteiger partial charge on any atom is -0.399 e. The molecule has 3 aromatic carbocycles. The van der Waals surface area contributed by atoms with Crippen molar-refractivity contribution in [1.29, 1.82) is 0 Å². The molecule has 1 aliphatic heterocycles. The van der Waals surface area contributed by atoms with Gasteiger partial charge in [0.25, 0.3) is 0 Å². The van der Waals surface area contributed by atoms with E-state index in [1.54, 1.807) is 5.57 Å². The number of nitrogens with two attached hydrogens (primary N) is 1. The SMILES string of the molecule is Cl.Nc1ccc(C=CCN2CCC(=C3c4ccccc4C=Cc4ccccc43)CC2)cc1. The van der Waals surface area contributed by atoms with Crippen molar-refractivity contribution >= 4 is 41.9 Å². The number of fused-ring (bicyclic) bond motifs is 2. The number of hydrogen-bond acceptors (Lipinski definition) is 2. The maximum Gasteiger partial charge on any atom is 0.0314 e. The molecule has 0 saturated carbocycles. The second-order valence-corrected chi connectivity index (χ2v) is 8.36. The molecule has 5 rings (SSSR count). The fourth-order valence-electron chi connectivity index (χ4n) is 4.65. The molecule has 2 N–H and O–H groups in total. The van der Waals surface area contributed by atoms with Crippen LogP contribution in [-0.2, 0) is 0 Å². The van der Waals surface area contributed by atoms with Crippen molar-refractivity contribution in [3.8, 4) is 0 Å². The zero-order valence-corrected chi connectivity index (χ0v) is 19.0. The lowest BCUT2D eigenvalue weighted by Crippen LogP contribution is -2.31. The predicted octanol–water partition coefficient (Wildman–Crippen LogP) is 6.79. The lowest BCUT2D eigenvalue weighted by atomic mass is 9.86. The van der Waals surface area contributed by atoms with Crippen LogP contribution >= 0.6 is 12.4 Å². The molecule has 1 fully saturated rings. The van der Waals surface area contributed by atoms with Crippen LogP contribution in [0.3, 0.4) is 0 Å². The summed E-state index contributed by atoms with van der Waals surface area (Å²) in [4.78, 5) is 2.55. The molecule has 0 amide bonds. The Kier molecular flexibility index (Phi) is 6.94. The van der Waals surface area contributed by atoms with Gasteiger partial charge in [0.15, 0.2) is 0 Å². The lowest BCUT2D eigenvalue weighted by Gasteiger charge is -2.29. The number of benzene rings is 3. The third-order valence-corrected chi connectivity index (χ3v) is 6.33. The third-order valence-electron chi connectivity index (χ3n) is 6.33. The van der Waals surface area contributed by atoms with Gasteiger partial charge in [0.05, 0.1) is 0 Å². The highest BCUT2D eigenvalue weighted by atomic mass is 35.5. The van der Waals surface area contributed by atoms with Crippen LogP contribution in [0.5, 0.6) is 0 Å². The van der Waals surface area contributed by atoms with Crippen molar-refractivity contribution in [2.24, 2.45) is 0 Å². The van der Waals surface area contributed by atoms with Gasteiger partial charge in [-0.25, -0.2) is 0 Å². The maximum atomic E-state index is 5.78. The molecule has 3 heteroatoms. The Balaban J connectivity index is 0.00000245. The molecule has 0 aromatic heterocycles. The van der Waals surface area contributed by atoms with Crippen LogP contribution in [0.1, 0.15) is 40.7 Å². The summed E-state index contributed by atoms with van der Waals surface area (Å²) >= 11 is 0. The Morgan fingerprint density at radius 3 is 1.91 bits per heavy atom. The molecule has 0 bridgehead atoms. The summed E-state index contributed by atoms with van der Waals surface area (Å²) in [5, 5.41) is 0. The number of nitrogen functional groups attached to an aromatic ring is 1. The molecular weight excluding hydrogens is 412 g/mol. The van der Waals surface area contributed by atoms with Crippen LogP contribution in [0, 0.1) is 0 Å². The van der Waals surface area contributed by atoms with Crippen molar-refractivity contribution in [3.05, 3.63) is 112 Å². The van der Waals surface area contributed by atoms with E-state index in [-0.39, 0.29) is 12.4 Å². The minimum atomic E-state index is 0. The quantitative estimate of drug-likeness (QED) is 0.355. The van der Waals surface area contributed by atoms with Gasteiger partial charge in [-0.1, -0.05) is 90.5 Å². The molecule has 1 saturated heterocycles. The smallest absolute Gasteiger partial charge is 0.0314 e. The van der Waals surface area contributed by atoms with Crippen LogP contribution in [-0.4, -0.2) is 24.5 Å². The van der Waals surface area contributed by atoms with E-state index in [9.17, 15) is 0 Å². The Hall–Kier alpha value is -3.07. The number of piperidine rings is 1. The maximum absolute atomic E-state index is 5.78. The van der Waals surface area contributed by atoms with Crippen LogP contribution in [0.4, 0.5) is 5.69 Å². The summed E-state index contributed by atoms with van der Waals surface area (Å²) in [7, 11) is 0.